The van der Waals surface area contributed by atoms with Gasteiger partial charge in [-0.25, -0.2) is 0 Å². The summed E-state index contributed by atoms with van der Waals surface area (Å²) in [5.41, 5.74) is 4.09. The SMILES string of the molecule is CC(=O)N1Cc2cc(Br)ccc2/C=C\c2ccncc21. The summed E-state index contributed by atoms with van der Waals surface area (Å²) in [6, 6.07) is 8.04. The second-order valence-corrected chi connectivity index (χ2v) is 5.63. The number of hydrogen-bond donors (Lipinski definition) is 0. The zero-order valence-corrected chi connectivity index (χ0v) is 12.6. The molecule has 1 aliphatic rings. The summed E-state index contributed by atoms with van der Waals surface area (Å²) in [4.78, 5) is 17.9. The van der Waals surface area contributed by atoms with E-state index < -0.39 is 0 Å². The molecule has 1 aliphatic heterocycles. The Morgan fingerprint density at radius 2 is 2.05 bits per heavy atom. The van der Waals surface area contributed by atoms with Gasteiger partial charge in [-0.3, -0.25) is 9.78 Å². The average Bonchev–Trinajstić information content (AvgIpc) is 2.41. The molecule has 0 atom stereocenters. The van der Waals surface area contributed by atoms with Gasteiger partial charge >= 0.3 is 0 Å². The molecular formula is C16H13BrN2O. The van der Waals surface area contributed by atoms with Crippen molar-refractivity contribution in [3.8, 4) is 0 Å². The van der Waals surface area contributed by atoms with Gasteiger partial charge in [-0.2, -0.15) is 0 Å². The predicted octanol–water partition coefficient (Wildman–Crippen LogP) is 3.88. The summed E-state index contributed by atoms with van der Waals surface area (Å²) in [7, 11) is 0. The van der Waals surface area contributed by atoms with E-state index in [2.05, 4.69) is 39.1 Å². The molecule has 0 aliphatic carbocycles. The van der Waals surface area contributed by atoms with Crippen LogP contribution < -0.4 is 4.90 Å². The number of amides is 1. The van der Waals surface area contributed by atoms with Crippen LogP contribution in [-0.2, 0) is 11.3 Å². The van der Waals surface area contributed by atoms with Crippen LogP contribution in [0.1, 0.15) is 23.6 Å². The van der Waals surface area contributed by atoms with Gasteiger partial charge in [-0.15, -0.1) is 0 Å². The van der Waals surface area contributed by atoms with Crippen LogP contribution in [0, 0.1) is 0 Å². The number of fused-ring (bicyclic) bond motifs is 2. The summed E-state index contributed by atoms with van der Waals surface area (Å²) < 4.78 is 1.01. The van der Waals surface area contributed by atoms with Crippen molar-refractivity contribution in [2.75, 3.05) is 4.90 Å². The number of hydrogen-bond acceptors (Lipinski definition) is 2. The number of carbonyl (C=O) groups is 1. The van der Waals surface area contributed by atoms with Crippen LogP contribution in [-0.4, -0.2) is 10.9 Å². The average molecular weight is 329 g/mol. The first-order chi connectivity index (χ1) is 9.65. The number of anilines is 1. The molecule has 0 saturated carbocycles. The van der Waals surface area contributed by atoms with Gasteiger partial charge in [0.2, 0.25) is 5.91 Å². The van der Waals surface area contributed by atoms with Crippen molar-refractivity contribution in [1.82, 2.24) is 4.98 Å². The maximum atomic E-state index is 12.0. The normalized spacial score (nSPS) is 14.8. The molecule has 3 rings (SSSR count). The number of benzene rings is 1. The van der Waals surface area contributed by atoms with Crippen molar-refractivity contribution in [2.24, 2.45) is 0 Å². The number of aromatic nitrogens is 1. The minimum absolute atomic E-state index is 0.0143. The first-order valence-electron chi connectivity index (χ1n) is 6.34. The number of carbonyl (C=O) groups excluding carboxylic acids is 1. The molecule has 4 heteroatoms. The maximum Gasteiger partial charge on any atom is 0.224 e. The van der Waals surface area contributed by atoms with Crippen LogP contribution in [0.4, 0.5) is 5.69 Å². The van der Waals surface area contributed by atoms with Crippen molar-refractivity contribution in [1.29, 1.82) is 0 Å². The Bertz CT molecular complexity index is 709. The van der Waals surface area contributed by atoms with Crippen LogP contribution in [0.3, 0.4) is 0 Å². The van der Waals surface area contributed by atoms with Gasteiger partial charge in [0, 0.05) is 23.2 Å². The summed E-state index contributed by atoms with van der Waals surface area (Å²) in [5, 5.41) is 0. The monoisotopic (exact) mass is 328 g/mol. The molecule has 3 nitrogen and oxygen atoms in total. The second kappa shape index (κ2) is 5.21. The van der Waals surface area contributed by atoms with Crippen LogP contribution in [0.25, 0.3) is 12.2 Å². The van der Waals surface area contributed by atoms with Gasteiger partial charge in [0.1, 0.15) is 0 Å². The third-order valence-electron chi connectivity index (χ3n) is 3.38. The number of nitrogens with zero attached hydrogens (tertiary/aromatic N) is 2. The molecule has 0 bridgehead atoms. The lowest BCUT2D eigenvalue weighted by Crippen LogP contribution is -2.29. The number of rotatable bonds is 0. The van der Waals surface area contributed by atoms with E-state index >= 15 is 0 Å². The van der Waals surface area contributed by atoms with E-state index in [-0.39, 0.29) is 5.91 Å². The van der Waals surface area contributed by atoms with Gasteiger partial charge in [-0.1, -0.05) is 34.1 Å². The Labute approximate surface area is 126 Å². The lowest BCUT2D eigenvalue weighted by molar-refractivity contribution is -0.116. The van der Waals surface area contributed by atoms with E-state index in [9.17, 15) is 4.79 Å². The highest BCUT2D eigenvalue weighted by molar-refractivity contribution is 9.10. The molecule has 0 spiro atoms. The van der Waals surface area contributed by atoms with Gasteiger partial charge in [0.05, 0.1) is 18.4 Å². The molecule has 0 radical (unpaired) electrons. The van der Waals surface area contributed by atoms with E-state index in [1.807, 2.05) is 18.2 Å². The first kappa shape index (κ1) is 13.1. The second-order valence-electron chi connectivity index (χ2n) is 4.72. The molecule has 2 aromatic rings. The van der Waals surface area contributed by atoms with Gasteiger partial charge in [0.15, 0.2) is 0 Å². The Morgan fingerprint density at radius 3 is 2.85 bits per heavy atom. The lowest BCUT2D eigenvalue weighted by Gasteiger charge is -2.25. The molecule has 20 heavy (non-hydrogen) atoms. The number of halogens is 1. The molecule has 0 unspecified atom stereocenters. The molecular weight excluding hydrogens is 316 g/mol. The topological polar surface area (TPSA) is 33.2 Å². The van der Waals surface area contributed by atoms with E-state index in [1.165, 1.54) is 0 Å². The predicted molar refractivity (Wildman–Crippen MR) is 84.2 cm³/mol. The van der Waals surface area contributed by atoms with Crippen molar-refractivity contribution >= 4 is 39.7 Å². The van der Waals surface area contributed by atoms with E-state index in [0.717, 1.165) is 26.9 Å². The third kappa shape index (κ3) is 2.39. The molecule has 2 heterocycles. The van der Waals surface area contributed by atoms with E-state index in [4.69, 9.17) is 0 Å². The molecule has 1 aromatic heterocycles. The first-order valence-corrected chi connectivity index (χ1v) is 7.13. The zero-order valence-electron chi connectivity index (χ0n) is 11.0. The number of pyridine rings is 1. The van der Waals surface area contributed by atoms with Crippen LogP contribution in [0.15, 0.2) is 41.1 Å². The highest BCUT2D eigenvalue weighted by atomic mass is 79.9. The van der Waals surface area contributed by atoms with Crippen molar-refractivity contribution in [3.05, 3.63) is 57.8 Å². The van der Waals surface area contributed by atoms with Gasteiger partial charge in [0.25, 0.3) is 0 Å². The Balaban J connectivity index is 2.19. The Morgan fingerprint density at radius 1 is 1.25 bits per heavy atom. The van der Waals surface area contributed by atoms with Gasteiger partial charge in [-0.05, 0) is 29.3 Å². The minimum atomic E-state index is 0.0143. The van der Waals surface area contributed by atoms with Crippen LogP contribution >= 0.6 is 15.9 Å². The summed E-state index contributed by atoms with van der Waals surface area (Å²) in [6.07, 6.45) is 7.59. The standard InChI is InChI=1S/C16H13BrN2O/c1-11(20)19-10-14-8-15(17)5-4-12(14)2-3-13-6-7-18-9-16(13)19/h2-9H,10H2,1H3/b3-2-. The van der Waals surface area contributed by atoms with E-state index in [1.54, 1.807) is 24.2 Å². The minimum Gasteiger partial charge on any atom is -0.306 e. The lowest BCUT2D eigenvalue weighted by atomic mass is 10.0. The fourth-order valence-electron chi connectivity index (χ4n) is 2.35. The summed E-state index contributed by atoms with van der Waals surface area (Å²) in [6.45, 7) is 2.13. The Kier molecular flexibility index (Phi) is 3.40. The highest BCUT2D eigenvalue weighted by Gasteiger charge is 2.18. The van der Waals surface area contributed by atoms with Gasteiger partial charge < -0.3 is 4.90 Å². The fraction of sp³-hybridized carbons (Fsp3) is 0.125. The molecule has 0 N–H and O–H groups in total. The van der Waals surface area contributed by atoms with Crippen LogP contribution in [0.2, 0.25) is 0 Å². The quantitative estimate of drug-likeness (QED) is 0.735. The maximum absolute atomic E-state index is 12.0. The van der Waals surface area contributed by atoms with Crippen molar-refractivity contribution in [2.45, 2.75) is 13.5 Å². The Hall–Kier alpha value is -1.94. The highest BCUT2D eigenvalue weighted by Crippen LogP contribution is 2.29. The van der Waals surface area contributed by atoms with Crippen molar-refractivity contribution in [3.63, 3.8) is 0 Å². The molecule has 1 amide bonds. The molecule has 100 valence electrons. The summed E-state index contributed by atoms with van der Waals surface area (Å²) >= 11 is 3.48. The molecule has 0 saturated heterocycles. The zero-order chi connectivity index (χ0) is 14.1. The smallest absolute Gasteiger partial charge is 0.224 e. The molecule has 0 fully saturated rings. The third-order valence-corrected chi connectivity index (χ3v) is 3.87. The largest absolute Gasteiger partial charge is 0.306 e. The fourth-order valence-corrected chi connectivity index (χ4v) is 2.76. The van der Waals surface area contributed by atoms with E-state index in [0.29, 0.717) is 6.54 Å². The van der Waals surface area contributed by atoms with Crippen LogP contribution in [0.5, 0.6) is 0 Å². The summed E-state index contributed by atoms with van der Waals surface area (Å²) in [5.74, 6) is 0.0143. The molecule has 1 aromatic carbocycles. The van der Waals surface area contributed by atoms with Crippen molar-refractivity contribution < 1.29 is 4.79 Å².